The van der Waals surface area contributed by atoms with Gasteiger partial charge < -0.3 is 10.2 Å². The predicted octanol–water partition coefficient (Wildman–Crippen LogP) is 3.21. The molecule has 0 fully saturated rings. The Bertz CT molecular complexity index is 306. The summed E-state index contributed by atoms with van der Waals surface area (Å²) < 4.78 is 0. The Morgan fingerprint density at radius 2 is 0.722 bits per heavy atom. The van der Waals surface area contributed by atoms with Crippen LogP contribution < -0.4 is 0 Å². The van der Waals surface area contributed by atoms with Gasteiger partial charge in [0.2, 0.25) is 0 Å². The Kier molecular flexibility index (Phi) is 16.0. The molecule has 2 nitrogen and oxygen atoms in total. The first-order chi connectivity index (χ1) is 8.79. The quantitative estimate of drug-likeness (QED) is 0.751. The molecule has 2 rings (SSSR count). The number of aryl methyl sites for hydroxylation is 2. The summed E-state index contributed by atoms with van der Waals surface area (Å²) in [5.41, 5.74) is 2.64. The van der Waals surface area contributed by atoms with Crippen LogP contribution in [-0.2, 0) is 0 Å². The van der Waals surface area contributed by atoms with E-state index in [-0.39, 0.29) is 0 Å². The maximum atomic E-state index is 7.00. The summed E-state index contributed by atoms with van der Waals surface area (Å²) >= 11 is 0. The summed E-state index contributed by atoms with van der Waals surface area (Å²) in [7, 11) is 2.00. The van der Waals surface area contributed by atoms with Crippen molar-refractivity contribution in [3.63, 3.8) is 0 Å². The van der Waals surface area contributed by atoms with Crippen LogP contribution in [0.1, 0.15) is 11.1 Å². The smallest absolute Gasteiger partial charge is 0.0319 e. The Morgan fingerprint density at radius 3 is 0.833 bits per heavy atom. The van der Waals surface area contributed by atoms with Gasteiger partial charge in [0.05, 0.1) is 0 Å². The van der Waals surface area contributed by atoms with Crippen molar-refractivity contribution in [2.45, 2.75) is 13.8 Å². The van der Waals surface area contributed by atoms with Crippen molar-refractivity contribution in [3.8, 4) is 0 Å². The van der Waals surface area contributed by atoms with Gasteiger partial charge in [-0.2, -0.15) is 0 Å². The van der Waals surface area contributed by atoms with Crippen LogP contribution in [0.25, 0.3) is 0 Å². The van der Waals surface area contributed by atoms with Crippen LogP contribution >= 0.6 is 0 Å². The molecule has 0 aliphatic heterocycles. The van der Waals surface area contributed by atoms with Gasteiger partial charge in [-0.05, 0) is 13.8 Å². The highest BCUT2D eigenvalue weighted by Crippen LogP contribution is 1.92. The maximum absolute atomic E-state index is 7.00. The Hall–Kier alpha value is -1.64. The summed E-state index contributed by atoms with van der Waals surface area (Å²) in [5.74, 6) is 0. The Balaban J connectivity index is 0. The van der Waals surface area contributed by atoms with Gasteiger partial charge >= 0.3 is 0 Å². The lowest BCUT2D eigenvalue weighted by Crippen LogP contribution is -1.62. The molecule has 0 saturated carbocycles. The highest BCUT2D eigenvalue weighted by atomic mass is 16.2. The van der Waals surface area contributed by atoms with Crippen molar-refractivity contribution >= 4 is 0 Å². The zero-order chi connectivity index (χ0) is 14.2. The summed E-state index contributed by atoms with van der Waals surface area (Å²) in [6.45, 7) is 4.17. The van der Waals surface area contributed by atoms with Gasteiger partial charge in [0.15, 0.2) is 0 Å². The molecule has 2 N–H and O–H groups in total. The average Bonchev–Trinajstić information content (AvgIpc) is 2.46. The molecular weight excluding hydrogens is 224 g/mol. The molecule has 2 heteroatoms. The van der Waals surface area contributed by atoms with Gasteiger partial charge in [-0.3, -0.25) is 0 Å². The number of hydrogen-bond acceptors (Lipinski definition) is 2. The number of benzene rings is 2. The molecule has 0 saturated heterocycles. The number of aliphatic hydroxyl groups excluding tert-OH is 2. The zero-order valence-corrected chi connectivity index (χ0v) is 11.7. The van der Waals surface area contributed by atoms with E-state index in [4.69, 9.17) is 10.2 Å². The minimum Gasteiger partial charge on any atom is -0.400 e. The molecule has 0 amide bonds. The first-order valence-electron chi connectivity index (χ1n) is 5.72. The highest BCUT2D eigenvalue weighted by Gasteiger charge is 1.72. The fourth-order valence-corrected chi connectivity index (χ4v) is 1.07. The Morgan fingerprint density at radius 1 is 0.500 bits per heavy atom. The first-order valence-corrected chi connectivity index (χ1v) is 5.72. The van der Waals surface area contributed by atoms with Gasteiger partial charge in [-0.25, -0.2) is 0 Å². The van der Waals surface area contributed by atoms with Crippen molar-refractivity contribution in [2.75, 3.05) is 14.2 Å². The topological polar surface area (TPSA) is 40.5 Å². The zero-order valence-electron chi connectivity index (χ0n) is 11.7. The minimum atomic E-state index is 1.00. The summed E-state index contributed by atoms with van der Waals surface area (Å²) in [6.07, 6.45) is 0. The van der Waals surface area contributed by atoms with Crippen LogP contribution in [0.3, 0.4) is 0 Å². The van der Waals surface area contributed by atoms with E-state index in [0.717, 1.165) is 14.2 Å². The average molecular weight is 248 g/mol. The van der Waals surface area contributed by atoms with Crippen LogP contribution in [0.15, 0.2) is 60.7 Å². The van der Waals surface area contributed by atoms with Crippen LogP contribution in [-0.4, -0.2) is 24.4 Å². The van der Waals surface area contributed by atoms with Gasteiger partial charge in [0.1, 0.15) is 0 Å². The van der Waals surface area contributed by atoms with E-state index < -0.39 is 0 Å². The van der Waals surface area contributed by atoms with E-state index in [0.29, 0.717) is 0 Å². The molecule has 18 heavy (non-hydrogen) atoms. The van der Waals surface area contributed by atoms with Crippen LogP contribution in [0, 0.1) is 13.8 Å². The van der Waals surface area contributed by atoms with Crippen molar-refractivity contribution in [1.29, 1.82) is 0 Å². The molecular formula is C16H24O2. The largest absolute Gasteiger partial charge is 0.400 e. The molecule has 0 unspecified atom stereocenters. The molecule has 2 aromatic carbocycles. The number of rotatable bonds is 0. The fraction of sp³-hybridized carbons (Fsp3) is 0.250. The lowest BCUT2D eigenvalue weighted by molar-refractivity contribution is 0.399. The van der Waals surface area contributed by atoms with Gasteiger partial charge in [-0.15, -0.1) is 0 Å². The van der Waals surface area contributed by atoms with E-state index in [1.165, 1.54) is 11.1 Å². The van der Waals surface area contributed by atoms with E-state index in [2.05, 4.69) is 38.1 Å². The standard InChI is InChI=1S/2C7H8.2CH4O/c2*1-7-5-3-2-4-6-7;2*1-2/h2*2-6H,1H3;2*2H,1H3. The predicted molar refractivity (Wildman–Crippen MR) is 78.6 cm³/mol. The second-order valence-electron chi connectivity index (χ2n) is 3.31. The monoisotopic (exact) mass is 248 g/mol. The second-order valence-corrected chi connectivity index (χ2v) is 3.31. The highest BCUT2D eigenvalue weighted by molar-refractivity contribution is 5.12. The van der Waals surface area contributed by atoms with Crippen LogP contribution in [0.4, 0.5) is 0 Å². The van der Waals surface area contributed by atoms with Crippen molar-refractivity contribution < 1.29 is 10.2 Å². The molecule has 2 aromatic rings. The van der Waals surface area contributed by atoms with E-state index >= 15 is 0 Å². The maximum Gasteiger partial charge on any atom is 0.0319 e. The molecule has 0 aliphatic carbocycles. The van der Waals surface area contributed by atoms with Gasteiger partial charge in [-0.1, -0.05) is 71.8 Å². The van der Waals surface area contributed by atoms with Crippen molar-refractivity contribution in [1.82, 2.24) is 0 Å². The third-order valence-corrected chi connectivity index (χ3v) is 1.88. The van der Waals surface area contributed by atoms with Crippen molar-refractivity contribution in [2.24, 2.45) is 0 Å². The van der Waals surface area contributed by atoms with Gasteiger partial charge in [0, 0.05) is 14.2 Å². The summed E-state index contributed by atoms with van der Waals surface area (Å²) in [4.78, 5) is 0. The fourth-order valence-electron chi connectivity index (χ4n) is 1.07. The molecule has 0 aromatic heterocycles. The molecule has 0 bridgehead atoms. The van der Waals surface area contributed by atoms with Gasteiger partial charge in [0.25, 0.3) is 0 Å². The summed E-state index contributed by atoms with van der Waals surface area (Å²) in [5, 5.41) is 14.0. The number of hydrogen-bond donors (Lipinski definition) is 2. The lowest BCUT2D eigenvalue weighted by atomic mass is 10.2. The van der Waals surface area contributed by atoms with E-state index in [9.17, 15) is 0 Å². The normalized spacial score (nSPS) is 7.44. The lowest BCUT2D eigenvalue weighted by Gasteiger charge is -1.82. The molecule has 0 radical (unpaired) electrons. The van der Waals surface area contributed by atoms with Crippen LogP contribution in [0.2, 0.25) is 0 Å². The van der Waals surface area contributed by atoms with E-state index in [1.807, 2.05) is 36.4 Å². The van der Waals surface area contributed by atoms with E-state index in [1.54, 1.807) is 0 Å². The Labute approximate surface area is 111 Å². The second kappa shape index (κ2) is 15.4. The molecule has 0 heterocycles. The van der Waals surface area contributed by atoms with Crippen molar-refractivity contribution in [3.05, 3.63) is 71.8 Å². The third-order valence-electron chi connectivity index (χ3n) is 1.88. The third kappa shape index (κ3) is 12.4. The molecule has 0 spiro atoms. The first kappa shape index (κ1) is 18.7. The molecule has 0 atom stereocenters. The molecule has 0 aliphatic rings. The summed E-state index contributed by atoms with van der Waals surface area (Å²) in [6, 6.07) is 20.5. The van der Waals surface area contributed by atoms with Crippen LogP contribution in [0.5, 0.6) is 0 Å². The number of aliphatic hydroxyl groups is 2. The SMILES string of the molecule is CO.CO.Cc1ccccc1.Cc1ccccc1. The minimum absolute atomic E-state index is 1.00. The molecule has 100 valence electrons.